The zero-order chi connectivity index (χ0) is 6.69. The third-order valence-electron chi connectivity index (χ3n) is 0.945. The highest BCUT2D eigenvalue weighted by molar-refractivity contribution is 5.87. The molecule has 0 aromatic carbocycles. The van der Waals surface area contributed by atoms with Crippen LogP contribution in [-0.4, -0.2) is 18.1 Å². The van der Waals surface area contributed by atoms with Crippen LogP contribution in [0.15, 0.2) is 12.1 Å². The predicted octanol–water partition coefficient (Wildman–Crippen LogP) is 0.601. The molecule has 3 heteroatoms. The maximum atomic E-state index is 10.6. The highest BCUT2D eigenvalue weighted by atomic mass is 16.5. The van der Waals surface area contributed by atoms with Crippen molar-refractivity contribution in [2.24, 2.45) is 0 Å². The molecule has 0 saturated carbocycles. The lowest BCUT2D eigenvalue weighted by Gasteiger charge is -1.91. The van der Waals surface area contributed by atoms with E-state index in [9.17, 15) is 4.79 Å². The first kappa shape index (κ1) is 5.88. The predicted molar refractivity (Wildman–Crippen MR) is 31.0 cm³/mol. The molecule has 0 atom stereocenters. The highest BCUT2D eigenvalue weighted by Crippen LogP contribution is 1.94. The van der Waals surface area contributed by atoms with Gasteiger partial charge in [0.2, 0.25) is 0 Å². The van der Waals surface area contributed by atoms with Crippen LogP contribution < -0.4 is 0 Å². The topological polar surface area (TPSA) is 42.1 Å². The Hall–Kier alpha value is -1.25. The van der Waals surface area contributed by atoms with Crippen LogP contribution in [0.1, 0.15) is 10.5 Å². The van der Waals surface area contributed by atoms with Gasteiger partial charge in [-0.3, -0.25) is 0 Å². The number of hydrogen-bond acceptors (Lipinski definition) is 2. The van der Waals surface area contributed by atoms with Gasteiger partial charge < -0.3 is 9.72 Å². The van der Waals surface area contributed by atoms with Crippen LogP contribution in [0.3, 0.4) is 0 Å². The number of hydrogen-bond donors (Lipinski definition) is 1. The van der Waals surface area contributed by atoms with Crippen LogP contribution in [0, 0.1) is 6.20 Å². The van der Waals surface area contributed by atoms with Gasteiger partial charge in [0.05, 0.1) is 13.3 Å². The fourth-order valence-electron chi connectivity index (χ4n) is 0.515. The Morgan fingerprint density at radius 2 is 2.67 bits per heavy atom. The van der Waals surface area contributed by atoms with Crippen molar-refractivity contribution in [1.29, 1.82) is 0 Å². The first-order valence-electron chi connectivity index (χ1n) is 2.48. The van der Waals surface area contributed by atoms with E-state index >= 15 is 0 Å². The summed E-state index contributed by atoms with van der Waals surface area (Å²) in [6, 6.07) is 3.22. The second-order valence-corrected chi connectivity index (χ2v) is 1.51. The monoisotopic (exact) mass is 124 g/mol. The Balaban J connectivity index is 2.77. The number of rotatable bonds is 1. The minimum absolute atomic E-state index is 0.365. The molecule has 0 fully saturated rings. The van der Waals surface area contributed by atoms with Crippen molar-refractivity contribution in [2.75, 3.05) is 7.11 Å². The van der Waals surface area contributed by atoms with Gasteiger partial charge in [-0.2, -0.15) is 0 Å². The summed E-state index contributed by atoms with van der Waals surface area (Å²) in [5, 5.41) is 0. The van der Waals surface area contributed by atoms with E-state index in [4.69, 9.17) is 0 Å². The molecule has 0 aliphatic rings. The molecular formula is C6H6NO2. The summed E-state index contributed by atoms with van der Waals surface area (Å²) >= 11 is 0. The summed E-state index contributed by atoms with van der Waals surface area (Å²) in [5.74, 6) is -0.365. The molecule has 1 radical (unpaired) electrons. The Labute approximate surface area is 52.6 Å². The number of aromatic amines is 1. The van der Waals surface area contributed by atoms with E-state index in [0.29, 0.717) is 5.69 Å². The fraction of sp³-hybridized carbons (Fsp3) is 0.167. The van der Waals surface area contributed by atoms with Crippen LogP contribution in [0.5, 0.6) is 0 Å². The van der Waals surface area contributed by atoms with E-state index in [0.717, 1.165) is 0 Å². The second-order valence-electron chi connectivity index (χ2n) is 1.51. The van der Waals surface area contributed by atoms with Crippen LogP contribution >= 0.6 is 0 Å². The zero-order valence-corrected chi connectivity index (χ0v) is 4.97. The lowest BCUT2D eigenvalue weighted by molar-refractivity contribution is 0.0595. The molecule has 3 nitrogen and oxygen atoms in total. The van der Waals surface area contributed by atoms with E-state index in [2.05, 4.69) is 15.9 Å². The molecule has 0 bridgehead atoms. The zero-order valence-electron chi connectivity index (χ0n) is 4.97. The molecule has 1 N–H and O–H groups in total. The number of aromatic nitrogens is 1. The van der Waals surface area contributed by atoms with Crippen LogP contribution in [0.2, 0.25) is 0 Å². The SMILES string of the molecule is COC(=O)c1cc[c][nH]1. The summed E-state index contributed by atoms with van der Waals surface area (Å²) in [7, 11) is 1.34. The van der Waals surface area contributed by atoms with Crippen molar-refractivity contribution in [3.8, 4) is 0 Å². The van der Waals surface area contributed by atoms with Gasteiger partial charge in [-0.25, -0.2) is 4.79 Å². The summed E-state index contributed by atoms with van der Waals surface area (Å²) < 4.78 is 4.40. The number of nitrogens with one attached hydrogen (secondary N) is 1. The molecule has 1 aromatic heterocycles. The van der Waals surface area contributed by atoms with Gasteiger partial charge in [-0.1, -0.05) is 0 Å². The van der Waals surface area contributed by atoms with E-state index < -0.39 is 0 Å². The van der Waals surface area contributed by atoms with Gasteiger partial charge in [-0.05, 0) is 12.1 Å². The lowest BCUT2D eigenvalue weighted by Crippen LogP contribution is -2.00. The van der Waals surface area contributed by atoms with Gasteiger partial charge in [-0.15, -0.1) is 0 Å². The number of ether oxygens (including phenoxy) is 1. The molecule has 1 heterocycles. The van der Waals surface area contributed by atoms with Gasteiger partial charge in [0.25, 0.3) is 0 Å². The molecule has 0 spiro atoms. The molecule has 9 heavy (non-hydrogen) atoms. The lowest BCUT2D eigenvalue weighted by atomic mass is 10.4. The van der Waals surface area contributed by atoms with E-state index in [1.807, 2.05) is 0 Å². The molecule has 0 saturated heterocycles. The maximum absolute atomic E-state index is 10.6. The van der Waals surface area contributed by atoms with Crippen LogP contribution in [0.4, 0.5) is 0 Å². The molecule has 47 valence electrons. The summed E-state index contributed by atoms with van der Waals surface area (Å²) in [6.45, 7) is 0. The summed E-state index contributed by atoms with van der Waals surface area (Å²) in [6.07, 6.45) is 2.62. The van der Waals surface area contributed by atoms with Crippen molar-refractivity contribution in [2.45, 2.75) is 0 Å². The van der Waals surface area contributed by atoms with Gasteiger partial charge in [0, 0.05) is 0 Å². The summed E-state index contributed by atoms with van der Waals surface area (Å²) in [4.78, 5) is 13.2. The van der Waals surface area contributed by atoms with Crippen molar-refractivity contribution in [1.82, 2.24) is 4.98 Å². The Morgan fingerprint density at radius 1 is 1.89 bits per heavy atom. The van der Waals surface area contributed by atoms with Crippen molar-refractivity contribution < 1.29 is 9.53 Å². The smallest absolute Gasteiger partial charge is 0.354 e. The fourth-order valence-corrected chi connectivity index (χ4v) is 0.515. The number of methoxy groups -OCH3 is 1. The van der Waals surface area contributed by atoms with Crippen LogP contribution in [0.25, 0.3) is 0 Å². The Morgan fingerprint density at radius 3 is 3.11 bits per heavy atom. The average Bonchev–Trinajstić information content (AvgIpc) is 2.37. The minimum Gasteiger partial charge on any atom is -0.464 e. The van der Waals surface area contributed by atoms with E-state index in [-0.39, 0.29) is 5.97 Å². The third-order valence-corrected chi connectivity index (χ3v) is 0.945. The Bertz CT molecular complexity index is 191. The number of carbonyl (C=O) groups is 1. The van der Waals surface area contributed by atoms with Crippen molar-refractivity contribution in [3.05, 3.63) is 24.0 Å². The van der Waals surface area contributed by atoms with Gasteiger partial charge in [0.1, 0.15) is 5.69 Å². The molecule has 0 aliphatic heterocycles. The number of carbonyl (C=O) groups excluding carboxylic acids is 1. The standard InChI is InChI=1S/C6H6NO2/c1-9-6(8)5-3-2-4-7-5/h2-3,7H,1H3. The minimum atomic E-state index is -0.365. The first-order valence-corrected chi connectivity index (χ1v) is 2.48. The van der Waals surface area contributed by atoms with Gasteiger partial charge >= 0.3 is 5.97 Å². The van der Waals surface area contributed by atoms with Gasteiger partial charge in [0.15, 0.2) is 0 Å². The third kappa shape index (κ3) is 1.10. The summed E-state index contributed by atoms with van der Waals surface area (Å²) in [5.41, 5.74) is 0.428. The van der Waals surface area contributed by atoms with Crippen molar-refractivity contribution in [3.63, 3.8) is 0 Å². The molecule has 0 aliphatic carbocycles. The molecule has 1 aromatic rings. The molecule has 0 unspecified atom stereocenters. The average molecular weight is 124 g/mol. The Kier molecular flexibility index (Phi) is 1.53. The molecule has 1 rings (SSSR count). The molecule has 0 amide bonds. The van der Waals surface area contributed by atoms with Crippen molar-refractivity contribution >= 4 is 5.97 Å². The van der Waals surface area contributed by atoms with Crippen LogP contribution in [-0.2, 0) is 4.74 Å². The largest absolute Gasteiger partial charge is 0.464 e. The second kappa shape index (κ2) is 2.35. The highest BCUT2D eigenvalue weighted by Gasteiger charge is 2.02. The maximum Gasteiger partial charge on any atom is 0.354 e. The normalized spacial score (nSPS) is 9.00. The number of H-pyrrole nitrogens is 1. The van der Waals surface area contributed by atoms with E-state index in [1.165, 1.54) is 7.11 Å². The quantitative estimate of drug-likeness (QED) is 0.557. The first-order chi connectivity index (χ1) is 4.34. The van der Waals surface area contributed by atoms with E-state index in [1.54, 1.807) is 12.1 Å². The number of esters is 1. The molecular weight excluding hydrogens is 118 g/mol.